The number of anilines is 1. The predicted molar refractivity (Wildman–Crippen MR) is 91.6 cm³/mol. The van der Waals surface area contributed by atoms with E-state index in [0.717, 1.165) is 0 Å². The second-order valence-electron chi connectivity index (χ2n) is 5.16. The average Bonchev–Trinajstić information content (AvgIpc) is 3.29. The van der Waals surface area contributed by atoms with Gasteiger partial charge in [0.25, 0.3) is 5.91 Å². The van der Waals surface area contributed by atoms with E-state index in [4.69, 9.17) is 9.15 Å². The molecule has 3 heterocycles. The predicted octanol–water partition coefficient (Wildman–Crippen LogP) is 2.25. The van der Waals surface area contributed by atoms with Crippen LogP contribution >= 0.6 is 15.9 Å². The van der Waals surface area contributed by atoms with Crippen LogP contribution in [0.1, 0.15) is 16.3 Å². The largest absolute Gasteiger partial charge is 0.454 e. The maximum atomic E-state index is 12.2. The summed E-state index contributed by atoms with van der Waals surface area (Å²) in [7, 11) is 1.54. The fourth-order valence-electron chi connectivity index (χ4n) is 2.16. The van der Waals surface area contributed by atoms with Crippen LogP contribution in [0.3, 0.4) is 0 Å². The van der Waals surface area contributed by atoms with Crippen molar-refractivity contribution < 1.29 is 18.9 Å². The van der Waals surface area contributed by atoms with Gasteiger partial charge in [0.05, 0.1) is 29.4 Å². The number of carbonyl (C=O) groups excluding carboxylic acids is 1. The van der Waals surface area contributed by atoms with E-state index in [1.54, 1.807) is 12.3 Å². The summed E-state index contributed by atoms with van der Waals surface area (Å²) in [6.45, 7) is 0.415. The van der Waals surface area contributed by atoms with Gasteiger partial charge in [-0.25, -0.2) is 4.68 Å². The summed E-state index contributed by atoms with van der Waals surface area (Å²) in [5.41, 5.74) is 0.497. The molecular formula is C14H13BrN6O5. The van der Waals surface area contributed by atoms with Crippen LogP contribution in [0.2, 0.25) is 0 Å². The van der Waals surface area contributed by atoms with Crippen molar-refractivity contribution in [2.45, 2.75) is 13.3 Å². The number of furan rings is 1. The molecule has 0 fully saturated rings. The molecule has 0 spiro atoms. The van der Waals surface area contributed by atoms with E-state index in [0.29, 0.717) is 11.4 Å². The smallest absolute Gasteiger partial charge is 0.404 e. The number of methoxy groups -OCH3 is 1. The Hall–Kier alpha value is -2.99. The van der Waals surface area contributed by atoms with E-state index in [2.05, 4.69) is 31.4 Å². The van der Waals surface area contributed by atoms with Crippen molar-refractivity contribution in [2.24, 2.45) is 0 Å². The van der Waals surface area contributed by atoms with Gasteiger partial charge in [0.1, 0.15) is 23.5 Å². The van der Waals surface area contributed by atoms with Crippen molar-refractivity contribution >= 4 is 33.3 Å². The fraction of sp³-hybridized carbons (Fsp3) is 0.214. The van der Waals surface area contributed by atoms with E-state index in [1.165, 1.54) is 34.9 Å². The molecule has 0 aliphatic carbocycles. The molecule has 0 aliphatic heterocycles. The standard InChI is InChI=1S/C14H13BrN6O5/c1-25-8-20-5-9(4-16-20)17-14(22)12-3-2-10(26-12)6-19-7-11(15)13(18-19)21(23)24/h2-5,7H,6,8H2,1H3,(H,17,22). The number of ether oxygens (including phenoxy) is 1. The summed E-state index contributed by atoms with van der Waals surface area (Å²) in [5.74, 6) is -0.209. The number of rotatable bonds is 7. The molecular weight excluding hydrogens is 412 g/mol. The highest BCUT2D eigenvalue weighted by Gasteiger charge is 2.20. The monoisotopic (exact) mass is 424 g/mol. The number of nitro groups is 1. The molecule has 0 aliphatic rings. The van der Waals surface area contributed by atoms with Gasteiger partial charge >= 0.3 is 5.82 Å². The molecule has 1 N–H and O–H groups in total. The molecule has 12 heteroatoms. The van der Waals surface area contributed by atoms with Crippen LogP contribution in [0.5, 0.6) is 0 Å². The van der Waals surface area contributed by atoms with Crippen molar-refractivity contribution in [3.63, 3.8) is 0 Å². The summed E-state index contributed by atoms with van der Waals surface area (Å²) < 4.78 is 13.5. The lowest BCUT2D eigenvalue weighted by molar-refractivity contribution is -0.390. The molecule has 3 aromatic rings. The Balaban J connectivity index is 1.66. The first-order valence-electron chi connectivity index (χ1n) is 7.25. The first kappa shape index (κ1) is 17.8. The van der Waals surface area contributed by atoms with Crippen molar-refractivity contribution in [1.29, 1.82) is 0 Å². The zero-order chi connectivity index (χ0) is 18.7. The molecule has 3 rings (SSSR count). The molecule has 26 heavy (non-hydrogen) atoms. The Labute approximate surface area is 154 Å². The van der Waals surface area contributed by atoms with Crippen molar-refractivity contribution in [1.82, 2.24) is 19.6 Å². The number of hydrogen-bond acceptors (Lipinski definition) is 7. The van der Waals surface area contributed by atoms with Gasteiger partial charge in [-0.3, -0.25) is 4.79 Å². The first-order valence-corrected chi connectivity index (χ1v) is 8.04. The number of aromatic nitrogens is 4. The molecule has 3 aromatic heterocycles. The highest BCUT2D eigenvalue weighted by Crippen LogP contribution is 2.23. The van der Waals surface area contributed by atoms with Crippen LogP contribution in [0.4, 0.5) is 11.5 Å². The summed E-state index contributed by atoms with van der Waals surface area (Å²) >= 11 is 3.07. The Morgan fingerprint density at radius 1 is 1.42 bits per heavy atom. The molecule has 0 atom stereocenters. The zero-order valence-corrected chi connectivity index (χ0v) is 15.0. The SMILES string of the molecule is COCn1cc(NC(=O)c2ccc(Cn3cc(Br)c([N+](=O)[O-])n3)o2)cn1. The minimum atomic E-state index is -0.592. The van der Waals surface area contributed by atoms with Crippen LogP contribution in [-0.2, 0) is 18.0 Å². The number of hydrogen-bond donors (Lipinski definition) is 1. The van der Waals surface area contributed by atoms with Gasteiger partial charge in [0, 0.05) is 7.11 Å². The molecule has 0 saturated carbocycles. The quantitative estimate of drug-likeness (QED) is 0.454. The number of nitrogens with zero attached hydrogens (tertiary/aromatic N) is 5. The third-order valence-corrected chi connectivity index (χ3v) is 3.79. The zero-order valence-electron chi connectivity index (χ0n) is 13.5. The highest BCUT2D eigenvalue weighted by molar-refractivity contribution is 9.10. The van der Waals surface area contributed by atoms with Crippen LogP contribution < -0.4 is 5.32 Å². The first-order chi connectivity index (χ1) is 12.5. The van der Waals surface area contributed by atoms with E-state index in [1.807, 2.05) is 0 Å². The van der Waals surface area contributed by atoms with Crippen LogP contribution in [0.25, 0.3) is 0 Å². The Bertz CT molecular complexity index is 945. The molecule has 0 bridgehead atoms. The molecule has 11 nitrogen and oxygen atoms in total. The number of nitrogens with one attached hydrogen (secondary N) is 1. The van der Waals surface area contributed by atoms with Gasteiger partial charge < -0.3 is 24.6 Å². The summed E-state index contributed by atoms with van der Waals surface area (Å²) in [5, 5.41) is 21.3. The topological polar surface area (TPSA) is 130 Å². The summed E-state index contributed by atoms with van der Waals surface area (Å²) in [6.07, 6.45) is 4.57. The second-order valence-corrected chi connectivity index (χ2v) is 6.02. The minimum Gasteiger partial charge on any atom is -0.454 e. The van der Waals surface area contributed by atoms with Crippen LogP contribution in [0.15, 0.2) is 39.6 Å². The van der Waals surface area contributed by atoms with Gasteiger partial charge in [-0.15, -0.1) is 0 Å². The van der Waals surface area contributed by atoms with Crippen LogP contribution in [0, 0.1) is 10.1 Å². The Morgan fingerprint density at radius 3 is 2.92 bits per heavy atom. The molecule has 136 valence electrons. The third kappa shape index (κ3) is 3.97. The molecule has 0 radical (unpaired) electrons. The molecule has 0 aromatic carbocycles. The lowest BCUT2D eigenvalue weighted by Crippen LogP contribution is -2.10. The van der Waals surface area contributed by atoms with Crippen molar-refractivity contribution in [3.8, 4) is 0 Å². The van der Waals surface area contributed by atoms with Crippen molar-refractivity contribution in [3.05, 3.63) is 56.8 Å². The average molecular weight is 425 g/mol. The second kappa shape index (κ2) is 7.49. The maximum absolute atomic E-state index is 12.2. The lowest BCUT2D eigenvalue weighted by Gasteiger charge is -1.99. The van der Waals surface area contributed by atoms with E-state index >= 15 is 0 Å². The fourth-order valence-corrected chi connectivity index (χ4v) is 2.62. The Morgan fingerprint density at radius 2 is 2.23 bits per heavy atom. The third-order valence-electron chi connectivity index (χ3n) is 3.23. The number of halogens is 1. The Kier molecular flexibility index (Phi) is 5.14. The number of amides is 1. The lowest BCUT2D eigenvalue weighted by atomic mass is 10.4. The van der Waals surface area contributed by atoms with E-state index in [9.17, 15) is 14.9 Å². The minimum absolute atomic E-state index is 0.0974. The molecule has 0 saturated heterocycles. The van der Waals surface area contributed by atoms with E-state index < -0.39 is 10.8 Å². The van der Waals surface area contributed by atoms with Crippen molar-refractivity contribution in [2.75, 3.05) is 12.4 Å². The normalized spacial score (nSPS) is 10.8. The molecule has 1 amide bonds. The summed E-state index contributed by atoms with van der Waals surface area (Å²) in [6, 6.07) is 3.11. The highest BCUT2D eigenvalue weighted by atomic mass is 79.9. The van der Waals surface area contributed by atoms with E-state index in [-0.39, 0.29) is 29.3 Å². The van der Waals surface area contributed by atoms with Gasteiger partial charge in [-0.05, 0) is 33.0 Å². The van der Waals surface area contributed by atoms with Gasteiger partial charge in [-0.2, -0.15) is 9.78 Å². The maximum Gasteiger partial charge on any atom is 0.404 e. The number of carbonyl (C=O) groups is 1. The van der Waals surface area contributed by atoms with Gasteiger partial charge in [0.2, 0.25) is 0 Å². The molecule has 0 unspecified atom stereocenters. The van der Waals surface area contributed by atoms with Gasteiger partial charge in [0.15, 0.2) is 5.76 Å². The van der Waals surface area contributed by atoms with Crippen LogP contribution in [-0.4, -0.2) is 37.5 Å². The summed E-state index contributed by atoms with van der Waals surface area (Å²) in [4.78, 5) is 22.4. The van der Waals surface area contributed by atoms with Gasteiger partial charge in [-0.1, -0.05) is 0 Å².